The van der Waals surface area contributed by atoms with E-state index in [-0.39, 0.29) is 11.9 Å². The van der Waals surface area contributed by atoms with Crippen LogP contribution in [-0.2, 0) is 7.05 Å². The third-order valence-corrected chi connectivity index (χ3v) is 4.09. The van der Waals surface area contributed by atoms with Crippen molar-refractivity contribution in [3.05, 3.63) is 40.4 Å². The summed E-state index contributed by atoms with van der Waals surface area (Å²) in [6.07, 6.45) is 3.97. The molecule has 1 fully saturated rings. The molecular formula is C14H15BrFN3. The first-order valence-corrected chi connectivity index (χ1v) is 7.17. The van der Waals surface area contributed by atoms with Crippen LogP contribution in [0, 0.1) is 5.82 Å². The number of rotatable bonds is 2. The molecule has 1 unspecified atom stereocenters. The fourth-order valence-corrected chi connectivity index (χ4v) is 3.05. The standard InChI is InChI=1S/C14H15BrFN3/c1-19-14(13-3-2-6-17-13)11(8-18-19)10-7-9(15)4-5-12(10)16/h4-5,7-8,13,17H,2-3,6H2,1H3. The van der Waals surface area contributed by atoms with Crippen LogP contribution in [0.5, 0.6) is 0 Å². The highest BCUT2D eigenvalue weighted by molar-refractivity contribution is 9.10. The molecule has 5 heteroatoms. The van der Waals surface area contributed by atoms with Crippen molar-refractivity contribution in [1.82, 2.24) is 15.1 Å². The second-order valence-electron chi connectivity index (χ2n) is 4.84. The zero-order valence-electron chi connectivity index (χ0n) is 10.7. The van der Waals surface area contributed by atoms with Crippen LogP contribution in [-0.4, -0.2) is 16.3 Å². The second kappa shape index (κ2) is 5.06. The van der Waals surface area contributed by atoms with Gasteiger partial charge in [0.05, 0.1) is 11.9 Å². The summed E-state index contributed by atoms with van der Waals surface area (Å²) in [6.45, 7) is 1.01. The molecule has 0 spiro atoms. The van der Waals surface area contributed by atoms with E-state index in [1.165, 1.54) is 6.07 Å². The van der Waals surface area contributed by atoms with Crippen LogP contribution in [0.25, 0.3) is 11.1 Å². The number of aryl methyl sites for hydroxylation is 1. The highest BCUT2D eigenvalue weighted by atomic mass is 79.9. The molecule has 1 aliphatic heterocycles. The second-order valence-corrected chi connectivity index (χ2v) is 5.76. The topological polar surface area (TPSA) is 29.9 Å². The maximum absolute atomic E-state index is 14.1. The van der Waals surface area contributed by atoms with Crippen molar-refractivity contribution < 1.29 is 4.39 Å². The van der Waals surface area contributed by atoms with E-state index < -0.39 is 0 Å². The average molecular weight is 324 g/mol. The summed E-state index contributed by atoms with van der Waals surface area (Å²) in [5, 5.41) is 7.75. The Bertz CT molecular complexity index is 603. The van der Waals surface area contributed by atoms with Crippen LogP contribution < -0.4 is 5.32 Å². The molecule has 0 amide bonds. The van der Waals surface area contributed by atoms with Crippen molar-refractivity contribution in [3.63, 3.8) is 0 Å². The fourth-order valence-electron chi connectivity index (χ4n) is 2.69. The lowest BCUT2D eigenvalue weighted by atomic mass is 10.0. The number of aromatic nitrogens is 2. The van der Waals surface area contributed by atoms with Crippen LogP contribution in [0.15, 0.2) is 28.9 Å². The van der Waals surface area contributed by atoms with Crippen molar-refractivity contribution in [3.8, 4) is 11.1 Å². The van der Waals surface area contributed by atoms with E-state index in [0.29, 0.717) is 5.56 Å². The number of halogens is 2. The number of hydrogen-bond donors (Lipinski definition) is 1. The lowest BCUT2D eigenvalue weighted by molar-refractivity contribution is 0.574. The highest BCUT2D eigenvalue weighted by Gasteiger charge is 2.24. The molecule has 1 N–H and O–H groups in total. The van der Waals surface area contributed by atoms with Gasteiger partial charge in [-0.25, -0.2) is 4.39 Å². The lowest BCUT2D eigenvalue weighted by Crippen LogP contribution is -2.17. The molecule has 2 heterocycles. The summed E-state index contributed by atoms with van der Waals surface area (Å²) in [6, 6.07) is 5.27. The predicted octanol–water partition coefficient (Wildman–Crippen LogP) is 3.41. The van der Waals surface area contributed by atoms with Crippen molar-refractivity contribution in [2.24, 2.45) is 7.05 Å². The maximum atomic E-state index is 14.1. The van der Waals surface area contributed by atoms with Gasteiger partial charge in [-0.15, -0.1) is 0 Å². The molecule has 0 bridgehead atoms. The number of nitrogens with zero attached hydrogens (tertiary/aromatic N) is 2. The Balaban J connectivity index is 2.12. The Morgan fingerprint density at radius 3 is 3.00 bits per heavy atom. The molecule has 100 valence electrons. The molecule has 1 aromatic carbocycles. The van der Waals surface area contributed by atoms with Crippen LogP contribution in [0.1, 0.15) is 24.6 Å². The highest BCUT2D eigenvalue weighted by Crippen LogP contribution is 2.34. The summed E-state index contributed by atoms with van der Waals surface area (Å²) in [5.41, 5.74) is 2.54. The summed E-state index contributed by atoms with van der Waals surface area (Å²) in [7, 11) is 1.91. The van der Waals surface area contributed by atoms with Gasteiger partial charge in [0.2, 0.25) is 0 Å². The summed E-state index contributed by atoms with van der Waals surface area (Å²) in [4.78, 5) is 0. The van der Waals surface area contributed by atoms with Crippen LogP contribution in [0.2, 0.25) is 0 Å². The molecule has 3 rings (SSSR count). The van der Waals surface area contributed by atoms with Crippen molar-refractivity contribution in [2.45, 2.75) is 18.9 Å². The van der Waals surface area contributed by atoms with E-state index in [1.54, 1.807) is 12.3 Å². The molecule has 2 aromatic rings. The normalized spacial score (nSPS) is 19.0. The van der Waals surface area contributed by atoms with Gasteiger partial charge in [0.1, 0.15) is 5.82 Å². The largest absolute Gasteiger partial charge is 0.309 e. The molecule has 3 nitrogen and oxygen atoms in total. The van der Waals surface area contributed by atoms with E-state index in [0.717, 1.165) is 35.1 Å². The van der Waals surface area contributed by atoms with Gasteiger partial charge in [0, 0.05) is 28.7 Å². The van der Waals surface area contributed by atoms with Gasteiger partial charge < -0.3 is 5.32 Å². The maximum Gasteiger partial charge on any atom is 0.131 e. The van der Waals surface area contributed by atoms with Crippen molar-refractivity contribution in [2.75, 3.05) is 6.54 Å². The number of benzene rings is 1. The Hall–Kier alpha value is -1.20. The zero-order chi connectivity index (χ0) is 13.4. The first-order valence-electron chi connectivity index (χ1n) is 6.37. The molecule has 1 aromatic heterocycles. The Labute approximate surface area is 119 Å². The molecule has 1 atom stereocenters. The summed E-state index contributed by atoms with van der Waals surface area (Å²) >= 11 is 3.40. The van der Waals surface area contributed by atoms with E-state index in [9.17, 15) is 4.39 Å². The van der Waals surface area contributed by atoms with Gasteiger partial charge in [-0.05, 0) is 37.6 Å². The minimum Gasteiger partial charge on any atom is -0.309 e. The Morgan fingerprint density at radius 2 is 2.26 bits per heavy atom. The lowest BCUT2D eigenvalue weighted by Gasteiger charge is -2.14. The Kier molecular flexibility index (Phi) is 3.41. The van der Waals surface area contributed by atoms with Crippen LogP contribution in [0.4, 0.5) is 4.39 Å². The van der Waals surface area contributed by atoms with E-state index in [2.05, 4.69) is 26.3 Å². The summed E-state index contributed by atoms with van der Waals surface area (Å²) in [5.74, 6) is -0.213. The minimum atomic E-state index is -0.213. The molecule has 19 heavy (non-hydrogen) atoms. The van der Waals surface area contributed by atoms with E-state index in [1.807, 2.05) is 17.8 Å². The fraction of sp³-hybridized carbons (Fsp3) is 0.357. The van der Waals surface area contributed by atoms with Gasteiger partial charge >= 0.3 is 0 Å². The van der Waals surface area contributed by atoms with Gasteiger partial charge in [0.25, 0.3) is 0 Å². The molecule has 1 aliphatic rings. The molecule has 0 aliphatic carbocycles. The van der Waals surface area contributed by atoms with Gasteiger partial charge in [-0.1, -0.05) is 15.9 Å². The van der Waals surface area contributed by atoms with E-state index in [4.69, 9.17) is 0 Å². The monoisotopic (exact) mass is 323 g/mol. The SMILES string of the molecule is Cn1ncc(-c2cc(Br)ccc2F)c1C1CCCN1. The first kappa shape index (κ1) is 12.8. The Morgan fingerprint density at radius 1 is 1.42 bits per heavy atom. The quantitative estimate of drug-likeness (QED) is 0.917. The van der Waals surface area contributed by atoms with Crippen molar-refractivity contribution in [1.29, 1.82) is 0 Å². The number of hydrogen-bond acceptors (Lipinski definition) is 2. The minimum absolute atomic E-state index is 0.213. The molecular weight excluding hydrogens is 309 g/mol. The molecule has 0 radical (unpaired) electrons. The molecule has 1 saturated heterocycles. The van der Waals surface area contributed by atoms with Crippen molar-refractivity contribution >= 4 is 15.9 Å². The smallest absolute Gasteiger partial charge is 0.131 e. The number of nitrogens with one attached hydrogen (secondary N) is 1. The third-order valence-electron chi connectivity index (χ3n) is 3.59. The van der Waals surface area contributed by atoms with Gasteiger partial charge in [0.15, 0.2) is 0 Å². The third kappa shape index (κ3) is 2.32. The van der Waals surface area contributed by atoms with Gasteiger partial charge in [-0.3, -0.25) is 4.68 Å². The van der Waals surface area contributed by atoms with Crippen LogP contribution >= 0.6 is 15.9 Å². The predicted molar refractivity (Wildman–Crippen MR) is 76.3 cm³/mol. The average Bonchev–Trinajstić information content (AvgIpc) is 3.01. The van der Waals surface area contributed by atoms with Crippen LogP contribution in [0.3, 0.4) is 0 Å². The summed E-state index contributed by atoms with van der Waals surface area (Å²) < 4.78 is 16.8. The zero-order valence-corrected chi connectivity index (χ0v) is 12.2. The van der Waals surface area contributed by atoms with Gasteiger partial charge in [-0.2, -0.15) is 5.10 Å². The first-order chi connectivity index (χ1) is 9.16. The van der Waals surface area contributed by atoms with E-state index >= 15 is 0 Å². The molecule has 0 saturated carbocycles.